The smallest absolute Gasteiger partial charge is 0.273 e. The number of hydrogen-bond donors (Lipinski definition) is 2. The minimum atomic E-state index is -3.50. The summed E-state index contributed by atoms with van der Waals surface area (Å²) in [6, 6.07) is 3.25. The van der Waals surface area contributed by atoms with Crippen molar-refractivity contribution in [3.05, 3.63) is 17.9 Å². The summed E-state index contributed by atoms with van der Waals surface area (Å²) < 4.78 is 35.2. The predicted octanol–water partition coefficient (Wildman–Crippen LogP) is 0.312. The molecule has 0 fully saturated rings. The van der Waals surface area contributed by atoms with Crippen LogP contribution >= 0.6 is 0 Å². The molecular formula is C10H18N2O4S. The molecule has 0 aliphatic carbocycles. The molecule has 1 aromatic heterocycles. The lowest BCUT2D eigenvalue weighted by atomic mass is 10.3. The van der Waals surface area contributed by atoms with E-state index in [0.717, 1.165) is 0 Å². The lowest BCUT2D eigenvalue weighted by molar-refractivity contribution is 0.170. The van der Waals surface area contributed by atoms with Gasteiger partial charge in [-0.25, -0.2) is 13.1 Å². The number of hydrogen-bond acceptors (Lipinski definition) is 5. The molecule has 1 rings (SSSR count). The Morgan fingerprint density at radius 1 is 1.47 bits per heavy atom. The Hall–Kier alpha value is -0.890. The minimum absolute atomic E-state index is 0.0730. The molecule has 0 radical (unpaired) electrons. The van der Waals surface area contributed by atoms with Gasteiger partial charge in [0, 0.05) is 13.2 Å². The molecule has 1 atom stereocenters. The highest BCUT2D eigenvalue weighted by atomic mass is 32.2. The Labute approximate surface area is 101 Å². The summed E-state index contributed by atoms with van der Waals surface area (Å²) in [5.74, 6) is 0.571. The van der Waals surface area contributed by atoms with Crippen LogP contribution in [-0.4, -0.2) is 35.2 Å². The summed E-state index contributed by atoms with van der Waals surface area (Å²) in [7, 11) is -0.524. The van der Waals surface area contributed by atoms with Crippen LogP contribution in [0.15, 0.2) is 21.6 Å². The van der Waals surface area contributed by atoms with E-state index in [-0.39, 0.29) is 11.1 Å². The van der Waals surface area contributed by atoms with Crippen LogP contribution in [0.2, 0.25) is 0 Å². The van der Waals surface area contributed by atoms with Gasteiger partial charge in [0.25, 0.3) is 10.0 Å². The molecule has 0 saturated heterocycles. The van der Waals surface area contributed by atoms with Crippen molar-refractivity contribution in [2.24, 2.45) is 0 Å². The first-order valence-corrected chi connectivity index (χ1v) is 6.72. The van der Waals surface area contributed by atoms with Crippen LogP contribution in [0.25, 0.3) is 0 Å². The van der Waals surface area contributed by atoms with Crippen LogP contribution in [-0.2, 0) is 21.3 Å². The Kier molecular flexibility index (Phi) is 5.13. The van der Waals surface area contributed by atoms with Gasteiger partial charge in [-0.3, -0.25) is 0 Å². The van der Waals surface area contributed by atoms with Crippen molar-refractivity contribution in [1.29, 1.82) is 0 Å². The van der Waals surface area contributed by atoms with E-state index in [0.29, 0.717) is 18.9 Å². The van der Waals surface area contributed by atoms with Crippen molar-refractivity contribution in [3.8, 4) is 0 Å². The first-order chi connectivity index (χ1) is 7.99. The average Bonchev–Trinajstić information content (AvgIpc) is 2.76. The summed E-state index contributed by atoms with van der Waals surface area (Å²) in [4.78, 5) is 0. The van der Waals surface area contributed by atoms with Crippen molar-refractivity contribution in [2.45, 2.75) is 24.6 Å². The number of ether oxygens (including phenoxy) is 1. The third kappa shape index (κ3) is 4.12. The normalized spacial score (nSPS) is 13.8. The second-order valence-electron chi connectivity index (χ2n) is 3.67. The van der Waals surface area contributed by atoms with Crippen molar-refractivity contribution in [2.75, 3.05) is 20.8 Å². The lowest BCUT2D eigenvalue weighted by Crippen LogP contribution is -2.29. The van der Waals surface area contributed by atoms with E-state index in [1.54, 1.807) is 13.2 Å². The van der Waals surface area contributed by atoms with Gasteiger partial charge in [0.15, 0.2) is 0 Å². The summed E-state index contributed by atoms with van der Waals surface area (Å²) >= 11 is 0. The molecule has 0 aromatic carbocycles. The fourth-order valence-corrected chi connectivity index (χ4v) is 1.95. The quantitative estimate of drug-likeness (QED) is 0.739. The zero-order chi connectivity index (χ0) is 12.9. The standard InChI is InChI=1S/C10H18N2O4S/c1-8(7-15-3)12-6-9-4-5-10(16-9)17(13,14)11-2/h4-5,8,11-12H,6-7H2,1-3H3. The zero-order valence-corrected chi connectivity index (χ0v) is 11.0. The summed E-state index contributed by atoms with van der Waals surface area (Å²) in [6.45, 7) is 3.02. The van der Waals surface area contributed by atoms with Crippen LogP contribution in [0.5, 0.6) is 0 Å². The predicted molar refractivity (Wildman–Crippen MR) is 63.1 cm³/mol. The number of sulfonamides is 1. The fourth-order valence-electron chi connectivity index (χ4n) is 1.28. The molecule has 0 bridgehead atoms. The van der Waals surface area contributed by atoms with Crippen LogP contribution in [0.3, 0.4) is 0 Å². The van der Waals surface area contributed by atoms with Crippen molar-refractivity contribution < 1.29 is 17.6 Å². The van der Waals surface area contributed by atoms with E-state index in [4.69, 9.17) is 9.15 Å². The van der Waals surface area contributed by atoms with Gasteiger partial charge in [0.1, 0.15) is 5.76 Å². The van der Waals surface area contributed by atoms with E-state index in [1.165, 1.54) is 13.1 Å². The Morgan fingerprint density at radius 3 is 2.76 bits per heavy atom. The molecule has 0 saturated carbocycles. The second kappa shape index (κ2) is 6.15. The maximum Gasteiger partial charge on any atom is 0.273 e. The minimum Gasteiger partial charge on any atom is -0.447 e. The number of methoxy groups -OCH3 is 1. The highest BCUT2D eigenvalue weighted by Gasteiger charge is 2.16. The van der Waals surface area contributed by atoms with E-state index >= 15 is 0 Å². The van der Waals surface area contributed by atoms with Crippen molar-refractivity contribution in [1.82, 2.24) is 10.0 Å². The third-order valence-corrected chi connectivity index (χ3v) is 3.50. The van der Waals surface area contributed by atoms with Crippen molar-refractivity contribution >= 4 is 10.0 Å². The Morgan fingerprint density at radius 2 is 2.18 bits per heavy atom. The highest BCUT2D eigenvalue weighted by Crippen LogP contribution is 2.13. The SMILES string of the molecule is CNS(=O)(=O)c1ccc(CNC(C)COC)o1. The van der Waals surface area contributed by atoms with Gasteiger partial charge in [-0.2, -0.15) is 0 Å². The van der Waals surface area contributed by atoms with Crippen LogP contribution in [0.1, 0.15) is 12.7 Å². The number of rotatable bonds is 7. The van der Waals surface area contributed by atoms with Gasteiger partial charge in [-0.1, -0.05) is 0 Å². The van der Waals surface area contributed by atoms with Crippen LogP contribution in [0, 0.1) is 0 Å². The molecule has 0 amide bonds. The maximum atomic E-state index is 11.4. The Bertz CT molecular complexity index is 441. The van der Waals surface area contributed by atoms with Gasteiger partial charge >= 0.3 is 0 Å². The van der Waals surface area contributed by atoms with Gasteiger partial charge in [-0.15, -0.1) is 0 Å². The molecule has 98 valence electrons. The molecule has 17 heavy (non-hydrogen) atoms. The molecule has 1 unspecified atom stereocenters. The highest BCUT2D eigenvalue weighted by molar-refractivity contribution is 7.89. The first kappa shape index (κ1) is 14.2. The average molecular weight is 262 g/mol. The summed E-state index contributed by atoms with van der Waals surface area (Å²) in [5.41, 5.74) is 0. The van der Waals surface area contributed by atoms with Gasteiger partial charge < -0.3 is 14.5 Å². The molecule has 7 heteroatoms. The molecule has 0 aliphatic rings. The third-order valence-electron chi connectivity index (χ3n) is 2.21. The Balaban J connectivity index is 2.58. The molecule has 1 aromatic rings. The van der Waals surface area contributed by atoms with Crippen molar-refractivity contribution in [3.63, 3.8) is 0 Å². The second-order valence-corrected chi connectivity index (χ2v) is 5.48. The van der Waals surface area contributed by atoms with E-state index in [2.05, 4.69) is 10.0 Å². The van der Waals surface area contributed by atoms with E-state index in [1.807, 2.05) is 6.92 Å². The molecule has 1 heterocycles. The van der Waals surface area contributed by atoms with Crippen LogP contribution < -0.4 is 10.0 Å². The van der Waals surface area contributed by atoms with Gasteiger partial charge in [-0.05, 0) is 26.1 Å². The maximum absolute atomic E-state index is 11.4. The van der Waals surface area contributed by atoms with Gasteiger partial charge in [0.05, 0.1) is 13.2 Å². The lowest BCUT2D eigenvalue weighted by Gasteiger charge is -2.10. The topological polar surface area (TPSA) is 80.6 Å². The van der Waals surface area contributed by atoms with Crippen LogP contribution in [0.4, 0.5) is 0 Å². The number of nitrogens with one attached hydrogen (secondary N) is 2. The summed E-state index contributed by atoms with van der Waals surface area (Å²) in [5, 5.41) is 3.08. The largest absolute Gasteiger partial charge is 0.447 e. The zero-order valence-electron chi connectivity index (χ0n) is 10.2. The molecule has 0 aliphatic heterocycles. The van der Waals surface area contributed by atoms with E-state index in [9.17, 15) is 8.42 Å². The molecular weight excluding hydrogens is 244 g/mol. The fraction of sp³-hybridized carbons (Fsp3) is 0.600. The molecule has 0 spiro atoms. The number of furan rings is 1. The molecule has 2 N–H and O–H groups in total. The first-order valence-electron chi connectivity index (χ1n) is 5.24. The van der Waals surface area contributed by atoms with E-state index < -0.39 is 10.0 Å². The van der Waals surface area contributed by atoms with Gasteiger partial charge in [0.2, 0.25) is 5.09 Å². The molecule has 6 nitrogen and oxygen atoms in total. The summed E-state index contributed by atoms with van der Waals surface area (Å²) in [6.07, 6.45) is 0. The monoisotopic (exact) mass is 262 g/mol.